The van der Waals surface area contributed by atoms with Crippen molar-refractivity contribution in [3.05, 3.63) is 58.7 Å². The van der Waals surface area contributed by atoms with Crippen molar-refractivity contribution in [2.24, 2.45) is 0 Å². The Morgan fingerprint density at radius 2 is 2.17 bits per heavy atom. The number of halogens is 1. The summed E-state index contributed by atoms with van der Waals surface area (Å²) in [4.78, 5) is 22.4. The zero-order valence-corrected chi connectivity index (χ0v) is 17.2. The number of anilines is 1. The van der Waals surface area contributed by atoms with Gasteiger partial charge in [-0.25, -0.2) is 4.98 Å². The number of hydrogen-bond acceptors (Lipinski definition) is 5. The molecule has 0 spiro atoms. The van der Waals surface area contributed by atoms with Crippen molar-refractivity contribution in [3.63, 3.8) is 0 Å². The molecule has 1 aliphatic heterocycles. The Balaban J connectivity index is 1.72. The summed E-state index contributed by atoms with van der Waals surface area (Å²) in [5.41, 5.74) is 4.07. The fourth-order valence-electron chi connectivity index (χ4n) is 3.64. The van der Waals surface area contributed by atoms with E-state index in [1.807, 2.05) is 37.3 Å². The molecule has 0 fully saturated rings. The summed E-state index contributed by atoms with van der Waals surface area (Å²) in [5, 5.41) is 9.06. The fourth-order valence-corrected chi connectivity index (χ4v) is 4.94. The molecule has 0 radical (unpaired) electrons. The zero-order valence-electron chi connectivity index (χ0n) is 15.6. The third-order valence-corrected chi connectivity index (χ3v) is 6.51. The van der Waals surface area contributed by atoms with Crippen LogP contribution >= 0.6 is 22.9 Å². The van der Waals surface area contributed by atoms with Crippen LogP contribution in [0.2, 0.25) is 5.02 Å². The number of carbonyl (C=O) groups excluding carboxylic acids is 1. The van der Waals surface area contributed by atoms with E-state index in [1.165, 1.54) is 11.3 Å². The predicted octanol–water partition coefficient (Wildman–Crippen LogP) is 5.35. The lowest BCUT2D eigenvalue weighted by atomic mass is 10.1. The van der Waals surface area contributed by atoms with E-state index in [1.54, 1.807) is 12.3 Å². The van der Waals surface area contributed by atoms with Gasteiger partial charge in [0.1, 0.15) is 4.88 Å². The highest BCUT2D eigenvalue weighted by molar-refractivity contribution is 7.21. The first-order valence-electron chi connectivity index (χ1n) is 9.24. The van der Waals surface area contributed by atoms with Crippen LogP contribution in [0.4, 0.5) is 5.69 Å². The molecule has 144 valence electrons. The molecule has 2 N–H and O–H groups in total. The minimum absolute atomic E-state index is 0.0306. The van der Waals surface area contributed by atoms with E-state index >= 15 is 0 Å². The number of amides is 1. The molecule has 7 heteroatoms. The Kier molecular flexibility index (Phi) is 4.26. The first-order valence-corrected chi connectivity index (χ1v) is 10.4. The smallest absolute Gasteiger partial charge is 0.263 e. The van der Waals surface area contributed by atoms with Gasteiger partial charge < -0.3 is 10.6 Å². The summed E-state index contributed by atoms with van der Waals surface area (Å²) in [6.45, 7) is 6.44. The van der Waals surface area contributed by atoms with Crippen LogP contribution in [0, 0.1) is 0 Å². The number of rotatable bonds is 2. The summed E-state index contributed by atoms with van der Waals surface area (Å²) >= 11 is 7.87. The summed E-state index contributed by atoms with van der Waals surface area (Å²) in [6, 6.07) is 9.97. The number of nitrogens with zero attached hydrogens (tertiary/aromatic N) is 2. The van der Waals surface area contributed by atoms with Crippen molar-refractivity contribution in [2.75, 3.05) is 11.9 Å². The monoisotopic (exact) mass is 420 g/mol. The maximum Gasteiger partial charge on any atom is 0.263 e. The summed E-state index contributed by atoms with van der Waals surface area (Å²) < 4.78 is 1.06. The third kappa shape index (κ3) is 2.96. The van der Waals surface area contributed by atoms with Crippen LogP contribution in [0.15, 0.2) is 43.1 Å². The standard InChI is InChI=1S/C22H17ClN4OS/c1-3-12-8-14(15(23)10-24-12)17-5-4-13-16(27-17)6-7-18-19(13)20-21(29-18)22(28)26-11(2)9-25-20/h3-8,10-11,25H,1,9H2,2H3,(H,26,28)/t11-/m1/s1. The third-order valence-electron chi connectivity index (χ3n) is 5.05. The number of benzene rings is 1. The van der Waals surface area contributed by atoms with E-state index in [-0.39, 0.29) is 11.9 Å². The normalized spacial score (nSPS) is 16.2. The molecule has 0 saturated heterocycles. The van der Waals surface area contributed by atoms with Gasteiger partial charge in [0.05, 0.1) is 27.6 Å². The molecule has 0 unspecified atom stereocenters. The van der Waals surface area contributed by atoms with Crippen LogP contribution in [0.1, 0.15) is 22.3 Å². The first-order chi connectivity index (χ1) is 14.0. The van der Waals surface area contributed by atoms with Crippen LogP contribution in [-0.2, 0) is 0 Å². The molecule has 0 bridgehead atoms. The quantitative estimate of drug-likeness (QED) is 0.458. The zero-order chi connectivity index (χ0) is 20.1. The van der Waals surface area contributed by atoms with E-state index in [9.17, 15) is 4.79 Å². The summed E-state index contributed by atoms with van der Waals surface area (Å²) in [5.74, 6) is -0.0306. The van der Waals surface area contributed by atoms with E-state index in [4.69, 9.17) is 16.6 Å². The second-order valence-electron chi connectivity index (χ2n) is 7.06. The maximum absolute atomic E-state index is 12.6. The predicted molar refractivity (Wildman–Crippen MR) is 121 cm³/mol. The lowest BCUT2D eigenvalue weighted by Crippen LogP contribution is -2.34. The van der Waals surface area contributed by atoms with E-state index in [0.717, 1.165) is 43.6 Å². The molecule has 0 aliphatic carbocycles. The van der Waals surface area contributed by atoms with Gasteiger partial charge in [-0.3, -0.25) is 9.78 Å². The highest BCUT2D eigenvalue weighted by Gasteiger charge is 2.24. The topological polar surface area (TPSA) is 66.9 Å². The second kappa shape index (κ2) is 6.83. The van der Waals surface area contributed by atoms with Gasteiger partial charge in [-0.2, -0.15) is 0 Å². The fraction of sp³-hybridized carbons (Fsp3) is 0.136. The Labute approximate surface area is 176 Å². The van der Waals surface area contributed by atoms with Gasteiger partial charge >= 0.3 is 0 Å². The number of thiophene rings is 1. The van der Waals surface area contributed by atoms with Crippen LogP contribution in [0.3, 0.4) is 0 Å². The largest absolute Gasteiger partial charge is 0.381 e. The van der Waals surface area contributed by atoms with Gasteiger partial charge in [0.25, 0.3) is 5.91 Å². The molecule has 4 aromatic rings. The molecule has 29 heavy (non-hydrogen) atoms. The number of nitrogens with one attached hydrogen (secondary N) is 2. The molecule has 5 nitrogen and oxygen atoms in total. The molecule has 5 rings (SSSR count). The number of hydrogen-bond donors (Lipinski definition) is 2. The Bertz CT molecular complexity index is 1310. The van der Waals surface area contributed by atoms with Crippen LogP contribution < -0.4 is 10.6 Å². The van der Waals surface area contributed by atoms with E-state index in [2.05, 4.69) is 22.2 Å². The van der Waals surface area contributed by atoms with Gasteiger partial charge in [-0.15, -0.1) is 11.3 Å². The Morgan fingerprint density at radius 3 is 3.00 bits per heavy atom. The van der Waals surface area contributed by atoms with E-state index in [0.29, 0.717) is 16.4 Å². The average Bonchev–Trinajstić information content (AvgIpc) is 3.05. The Morgan fingerprint density at radius 1 is 1.31 bits per heavy atom. The molecular formula is C22H17ClN4OS. The molecule has 1 amide bonds. The van der Waals surface area contributed by atoms with Crippen molar-refractivity contribution in [3.8, 4) is 11.3 Å². The lowest BCUT2D eigenvalue weighted by Gasteiger charge is -2.10. The van der Waals surface area contributed by atoms with Gasteiger partial charge in [-0.05, 0) is 43.3 Å². The van der Waals surface area contributed by atoms with Crippen molar-refractivity contribution in [1.29, 1.82) is 0 Å². The van der Waals surface area contributed by atoms with Gasteiger partial charge in [-0.1, -0.05) is 18.2 Å². The highest BCUT2D eigenvalue weighted by atomic mass is 35.5. The van der Waals surface area contributed by atoms with Crippen molar-refractivity contribution < 1.29 is 4.79 Å². The molecule has 0 saturated carbocycles. The van der Waals surface area contributed by atoms with Crippen LogP contribution in [0.25, 0.3) is 38.3 Å². The highest BCUT2D eigenvalue weighted by Crippen LogP contribution is 2.41. The first kappa shape index (κ1) is 18.1. The second-order valence-corrected chi connectivity index (χ2v) is 8.52. The van der Waals surface area contributed by atoms with Gasteiger partial charge in [0.15, 0.2) is 0 Å². The van der Waals surface area contributed by atoms with Crippen LogP contribution in [-0.4, -0.2) is 28.5 Å². The molecule has 1 aromatic carbocycles. The van der Waals surface area contributed by atoms with E-state index < -0.39 is 0 Å². The number of carbonyl (C=O) groups is 1. The van der Waals surface area contributed by atoms with Crippen molar-refractivity contribution in [2.45, 2.75) is 13.0 Å². The van der Waals surface area contributed by atoms with Gasteiger partial charge in [0.2, 0.25) is 0 Å². The molecule has 1 aliphatic rings. The molecule has 3 aromatic heterocycles. The number of pyridine rings is 2. The number of aromatic nitrogens is 2. The molecular weight excluding hydrogens is 404 g/mol. The molecule has 4 heterocycles. The van der Waals surface area contributed by atoms with Crippen molar-refractivity contribution in [1.82, 2.24) is 15.3 Å². The van der Waals surface area contributed by atoms with Gasteiger partial charge in [0, 0.05) is 39.8 Å². The summed E-state index contributed by atoms with van der Waals surface area (Å²) in [6.07, 6.45) is 3.30. The lowest BCUT2D eigenvalue weighted by molar-refractivity contribution is 0.0949. The Hall–Kier alpha value is -2.96. The minimum atomic E-state index is -0.0306. The minimum Gasteiger partial charge on any atom is -0.381 e. The number of fused-ring (bicyclic) bond motifs is 5. The summed E-state index contributed by atoms with van der Waals surface area (Å²) in [7, 11) is 0. The average molecular weight is 421 g/mol. The molecule has 1 atom stereocenters. The van der Waals surface area contributed by atoms with Crippen molar-refractivity contribution >= 4 is 61.6 Å². The SMILES string of the molecule is C=Cc1cc(-c2ccc3c(ccc4sc5c(c43)NC[C@@H](C)NC5=O)n2)c(Cl)cn1. The van der Waals surface area contributed by atoms with Crippen LogP contribution in [0.5, 0.6) is 0 Å². The maximum atomic E-state index is 12.6.